The van der Waals surface area contributed by atoms with Crippen molar-refractivity contribution >= 4 is 5.97 Å². The fraction of sp³-hybridized carbons (Fsp3) is 0.900. The van der Waals surface area contributed by atoms with Crippen LogP contribution in [0, 0.1) is 5.92 Å². The molecule has 0 aromatic carbocycles. The molecule has 0 aromatic heterocycles. The number of carbonyl (C=O) groups is 1. The molecule has 0 aromatic rings. The molecule has 5 nitrogen and oxygen atoms in total. The van der Waals surface area contributed by atoms with Crippen molar-refractivity contribution in [3.8, 4) is 0 Å². The van der Waals surface area contributed by atoms with Gasteiger partial charge in [0.2, 0.25) is 0 Å². The molecule has 0 radical (unpaired) electrons. The van der Waals surface area contributed by atoms with Gasteiger partial charge in [-0.15, -0.1) is 0 Å². The number of rotatable bonds is 1. The van der Waals surface area contributed by atoms with Crippen molar-refractivity contribution < 1.29 is 19.0 Å². The second-order valence-corrected chi connectivity index (χ2v) is 4.15. The highest BCUT2D eigenvalue weighted by Gasteiger charge is 2.53. The van der Waals surface area contributed by atoms with Crippen molar-refractivity contribution in [2.75, 3.05) is 26.9 Å². The number of esters is 1. The number of ether oxygens (including phenoxy) is 3. The molecule has 15 heavy (non-hydrogen) atoms. The third kappa shape index (κ3) is 1.75. The first kappa shape index (κ1) is 10.9. The lowest BCUT2D eigenvalue weighted by Crippen LogP contribution is -2.49. The van der Waals surface area contributed by atoms with E-state index in [2.05, 4.69) is 0 Å². The summed E-state index contributed by atoms with van der Waals surface area (Å²) in [5.41, 5.74) is 5.45. The molecule has 2 saturated heterocycles. The highest BCUT2D eigenvalue weighted by atomic mass is 16.5. The zero-order valence-electron chi connectivity index (χ0n) is 8.90. The van der Waals surface area contributed by atoms with Gasteiger partial charge in [-0.25, -0.2) is 0 Å². The summed E-state index contributed by atoms with van der Waals surface area (Å²) in [5, 5.41) is 0. The minimum absolute atomic E-state index is 0.254. The van der Waals surface area contributed by atoms with Gasteiger partial charge in [-0.3, -0.25) is 4.79 Å². The van der Waals surface area contributed by atoms with Gasteiger partial charge in [0.15, 0.2) is 0 Å². The molecule has 0 bridgehead atoms. The Labute approximate surface area is 88.9 Å². The lowest BCUT2D eigenvalue weighted by atomic mass is 9.79. The van der Waals surface area contributed by atoms with E-state index >= 15 is 0 Å². The van der Waals surface area contributed by atoms with E-state index in [1.165, 1.54) is 7.11 Å². The Morgan fingerprint density at radius 2 is 2.13 bits per heavy atom. The third-order valence-corrected chi connectivity index (χ3v) is 3.35. The Bertz CT molecular complexity index is 244. The quantitative estimate of drug-likeness (QED) is 0.607. The maximum absolute atomic E-state index is 11.7. The molecule has 2 atom stereocenters. The van der Waals surface area contributed by atoms with E-state index in [0.29, 0.717) is 19.8 Å². The minimum Gasteiger partial charge on any atom is -0.469 e. The summed E-state index contributed by atoms with van der Waals surface area (Å²) in [6.07, 6.45) is 1.45. The first-order chi connectivity index (χ1) is 7.19. The molecule has 2 unspecified atom stereocenters. The van der Waals surface area contributed by atoms with Gasteiger partial charge in [-0.1, -0.05) is 0 Å². The van der Waals surface area contributed by atoms with Crippen molar-refractivity contribution in [3.63, 3.8) is 0 Å². The summed E-state index contributed by atoms with van der Waals surface area (Å²) in [6, 6.07) is -0.254. The van der Waals surface area contributed by atoms with Gasteiger partial charge in [-0.05, 0) is 0 Å². The molecule has 5 heteroatoms. The maximum Gasteiger partial charge on any atom is 0.313 e. The zero-order chi connectivity index (χ0) is 10.9. The SMILES string of the molecule is COC(=O)C1C(N)COC12CCOCC2. The van der Waals surface area contributed by atoms with Gasteiger partial charge in [0, 0.05) is 32.1 Å². The van der Waals surface area contributed by atoms with Crippen LogP contribution in [-0.2, 0) is 19.0 Å². The van der Waals surface area contributed by atoms with E-state index in [1.54, 1.807) is 0 Å². The van der Waals surface area contributed by atoms with E-state index in [4.69, 9.17) is 19.9 Å². The molecular formula is C10H17NO4. The Balaban J connectivity index is 2.18. The first-order valence-electron chi connectivity index (χ1n) is 5.25. The van der Waals surface area contributed by atoms with Crippen LogP contribution in [0.3, 0.4) is 0 Å². The summed E-state index contributed by atoms with van der Waals surface area (Å²) in [4.78, 5) is 11.7. The summed E-state index contributed by atoms with van der Waals surface area (Å²) < 4.78 is 15.8. The topological polar surface area (TPSA) is 70.8 Å². The van der Waals surface area contributed by atoms with E-state index in [-0.39, 0.29) is 17.9 Å². The van der Waals surface area contributed by atoms with Crippen LogP contribution in [-0.4, -0.2) is 44.5 Å². The van der Waals surface area contributed by atoms with Crippen LogP contribution < -0.4 is 5.73 Å². The smallest absolute Gasteiger partial charge is 0.313 e. The summed E-state index contributed by atoms with van der Waals surface area (Å²) in [7, 11) is 1.39. The normalized spacial score (nSPS) is 34.3. The molecule has 2 heterocycles. The van der Waals surface area contributed by atoms with Crippen LogP contribution in [0.5, 0.6) is 0 Å². The number of nitrogens with two attached hydrogens (primary N) is 1. The maximum atomic E-state index is 11.7. The Kier molecular flexibility index (Phi) is 2.95. The summed E-state index contributed by atoms with van der Waals surface area (Å²) >= 11 is 0. The predicted molar refractivity (Wildman–Crippen MR) is 52.2 cm³/mol. The number of methoxy groups -OCH3 is 1. The fourth-order valence-corrected chi connectivity index (χ4v) is 2.53. The lowest BCUT2D eigenvalue weighted by molar-refractivity contribution is -0.158. The molecule has 2 aliphatic heterocycles. The monoisotopic (exact) mass is 215 g/mol. The van der Waals surface area contributed by atoms with E-state index in [1.807, 2.05) is 0 Å². The number of carbonyl (C=O) groups excluding carboxylic acids is 1. The van der Waals surface area contributed by atoms with Gasteiger partial charge in [0.1, 0.15) is 5.92 Å². The highest BCUT2D eigenvalue weighted by molar-refractivity contribution is 5.75. The van der Waals surface area contributed by atoms with Crippen LogP contribution in [0.2, 0.25) is 0 Å². The van der Waals surface area contributed by atoms with E-state index < -0.39 is 5.60 Å². The zero-order valence-corrected chi connectivity index (χ0v) is 8.90. The molecule has 2 N–H and O–H groups in total. The average molecular weight is 215 g/mol. The molecule has 0 aliphatic carbocycles. The molecule has 2 aliphatic rings. The molecule has 0 saturated carbocycles. The molecule has 2 rings (SSSR count). The fourth-order valence-electron chi connectivity index (χ4n) is 2.53. The van der Waals surface area contributed by atoms with E-state index in [0.717, 1.165) is 12.8 Å². The first-order valence-corrected chi connectivity index (χ1v) is 5.25. The van der Waals surface area contributed by atoms with Gasteiger partial charge >= 0.3 is 5.97 Å². The van der Waals surface area contributed by atoms with Gasteiger partial charge < -0.3 is 19.9 Å². The standard InChI is InChI=1S/C10H17NO4/c1-13-9(12)8-7(11)6-15-10(8)2-4-14-5-3-10/h7-8H,2-6,11H2,1H3. The van der Waals surface area contributed by atoms with Gasteiger partial charge in [-0.2, -0.15) is 0 Å². The third-order valence-electron chi connectivity index (χ3n) is 3.35. The largest absolute Gasteiger partial charge is 0.469 e. The van der Waals surface area contributed by atoms with Gasteiger partial charge in [0.25, 0.3) is 0 Å². The molecule has 1 spiro atoms. The van der Waals surface area contributed by atoms with E-state index in [9.17, 15) is 4.79 Å². The second-order valence-electron chi connectivity index (χ2n) is 4.15. The van der Waals surface area contributed by atoms with Crippen molar-refractivity contribution in [3.05, 3.63) is 0 Å². The Morgan fingerprint density at radius 3 is 2.73 bits per heavy atom. The molecular weight excluding hydrogens is 198 g/mol. The second kappa shape index (κ2) is 4.08. The molecule has 86 valence electrons. The van der Waals surface area contributed by atoms with Crippen LogP contribution in [0.4, 0.5) is 0 Å². The lowest BCUT2D eigenvalue weighted by Gasteiger charge is -2.36. The van der Waals surface area contributed by atoms with Crippen molar-refractivity contribution in [2.45, 2.75) is 24.5 Å². The summed E-state index contributed by atoms with van der Waals surface area (Å²) in [5.74, 6) is -0.603. The van der Waals surface area contributed by atoms with Crippen molar-refractivity contribution in [1.82, 2.24) is 0 Å². The average Bonchev–Trinajstić information content (AvgIpc) is 2.56. The Hall–Kier alpha value is -0.650. The Morgan fingerprint density at radius 1 is 1.47 bits per heavy atom. The van der Waals surface area contributed by atoms with Crippen LogP contribution in [0.15, 0.2) is 0 Å². The summed E-state index contributed by atoms with van der Waals surface area (Å²) in [6.45, 7) is 1.68. The predicted octanol–water partition coefficient (Wildman–Crippen LogP) is -0.318. The van der Waals surface area contributed by atoms with Crippen molar-refractivity contribution in [2.24, 2.45) is 11.7 Å². The number of hydrogen-bond acceptors (Lipinski definition) is 5. The molecule has 0 amide bonds. The van der Waals surface area contributed by atoms with Crippen LogP contribution in [0.25, 0.3) is 0 Å². The highest BCUT2D eigenvalue weighted by Crippen LogP contribution is 2.40. The number of hydrogen-bond donors (Lipinski definition) is 1. The van der Waals surface area contributed by atoms with Crippen molar-refractivity contribution in [1.29, 1.82) is 0 Å². The van der Waals surface area contributed by atoms with Gasteiger partial charge in [0.05, 0.1) is 19.3 Å². The minimum atomic E-state index is -0.440. The molecule has 2 fully saturated rings. The van der Waals surface area contributed by atoms with Crippen LogP contribution in [0.1, 0.15) is 12.8 Å². The van der Waals surface area contributed by atoms with Crippen LogP contribution >= 0.6 is 0 Å².